The van der Waals surface area contributed by atoms with Crippen molar-refractivity contribution >= 4 is 27.8 Å². The number of nitrogens with one attached hydrogen (secondary N) is 2. The van der Waals surface area contributed by atoms with Gasteiger partial charge in [0.1, 0.15) is 0 Å². The van der Waals surface area contributed by atoms with Gasteiger partial charge in [-0.3, -0.25) is 14.3 Å². The van der Waals surface area contributed by atoms with Crippen LogP contribution in [-0.2, 0) is 6.54 Å². The number of hydrogen-bond acceptors (Lipinski definition) is 4. The van der Waals surface area contributed by atoms with Crippen LogP contribution in [0.2, 0.25) is 0 Å². The molecule has 226 valence electrons. The van der Waals surface area contributed by atoms with E-state index < -0.39 is 0 Å². The molecule has 0 bridgehead atoms. The van der Waals surface area contributed by atoms with Crippen LogP contribution in [0, 0.1) is 0 Å². The number of carbonyl (C=O) groups excluding carboxylic acids is 1. The number of likely N-dealkylation sites (tertiary alicyclic amines) is 1. The van der Waals surface area contributed by atoms with Gasteiger partial charge in [0.05, 0.1) is 33.8 Å². The molecule has 0 unspecified atom stereocenters. The van der Waals surface area contributed by atoms with Crippen molar-refractivity contribution in [3.8, 4) is 11.3 Å². The third kappa shape index (κ3) is 5.67. The number of hydrogen-bond donors (Lipinski definition) is 2. The molecule has 4 aromatic carbocycles. The SMILES string of the molecule is CC[C@H](NC(=O)c1c(CN2CCC(n3c(=O)[nH]c4ccccc43)CC2)c(-c2ccccc2)nc2ccccc12)c1ccccc1. The molecule has 0 spiro atoms. The van der Waals surface area contributed by atoms with Crippen molar-refractivity contribution in [1.82, 2.24) is 24.8 Å². The average Bonchev–Trinajstić information content (AvgIpc) is 3.43. The normalized spacial score (nSPS) is 15.0. The lowest BCUT2D eigenvalue weighted by Crippen LogP contribution is -2.37. The van der Waals surface area contributed by atoms with E-state index in [0.29, 0.717) is 12.1 Å². The number of carbonyl (C=O) groups is 1. The quantitative estimate of drug-likeness (QED) is 0.194. The molecule has 2 N–H and O–H groups in total. The molecule has 6 aromatic rings. The Labute approximate surface area is 262 Å². The molecule has 1 fully saturated rings. The molecule has 3 heterocycles. The molecule has 0 saturated carbocycles. The maximum atomic E-state index is 14.4. The first-order valence-corrected chi connectivity index (χ1v) is 15.8. The highest BCUT2D eigenvalue weighted by atomic mass is 16.2. The van der Waals surface area contributed by atoms with E-state index in [9.17, 15) is 9.59 Å². The summed E-state index contributed by atoms with van der Waals surface area (Å²) in [5, 5.41) is 4.22. The van der Waals surface area contributed by atoms with Crippen LogP contribution in [-0.4, -0.2) is 38.4 Å². The second-order valence-corrected chi connectivity index (χ2v) is 11.9. The Morgan fingerprint density at radius 1 is 0.889 bits per heavy atom. The summed E-state index contributed by atoms with van der Waals surface area (Å²) in [5.74, 6) is -0.0864. The van der Waals surface area contributed by atoms with E-state index in [1.807, 2.05) is 89.5 Å². The number of pyridine rings is 1. The van der Waals surface area contributed by atoms with Crippen molar-refractivity contribution in [3.05, 3.63) is 136 Å². The summed E-state index contributed by atoms with van der Waals surface area (Å²) >= 11 is 0. The Hall–Kier alpha value is -5.01. The van der Waals surface area contributed by atoms with E-state index in [-0.39, 0.29) is 23.7 Å². The van der Waals surface area contributed by atoms with Crippen molar-refractivity contribution in [3.63, 3.8) is 0 Å². The van der Waals surface area contributed by atoms with E-state index >= 15 is 0 Å². The number of aromatic nitrogens is 3. The zero-order valence-electron chi connectivity index (χ0n) is 25.4. The molecule has 0 aliphatic carbocycles. The predicted octanol–water partition coefficient (Wildman–Crippen LogP) is 7.26. The molecule has 7 heteroatoms. The Kier molecular flexibility index (Phi) is 8.01. The van der Waals surface area contributed by atoms with Gasteiger partial charge in [-0.05, 0) is 43.0 Å². The number of rotatable bonds is 8. The number of nitrogens with zero attached hydrogens (tertiary/aromatic N) is 3. The second kappa shape index (κ2) is 12.5. The van der Waals surface area contributed by atoms with Crippen LogP contribution >= 0.6 is 0 Å². The van der Waals surface area contributed by atoms with Crippen LogP contribution in [0.1, 0.15) is 59.8 Å². The van der Waals surface area contributed by atoms with Crippen molar-refractivity contribution in [2.45, 2.75) is 44.8 Å². The molecule has 1 aliphatic rings. The van der Waals surface area contributed by atoms with E-state index in [1.54, 1.807) is 0 Å². The van der Waals surface area contributed by atoms with Crippen molar-refractivity contribution in [2.75, 3.05) is 13.1 Å². The lowest BCUT2D eigenvalue weighted by molar-refractivity contribution is 0.0934. The van der Waals surface area contributed by atoms with Crippen LogP contribution in [0.5, 0.6) is 0 Å². The molecule has 7 rings (SSSR count). The first kappa shape index (κ1) is 28.7. The van der Waals surface area contributed by atoms with Gasteiger partial charge < -0.3 is 10.3 Å². The van der Waals surface area contributed by atoms with Crippen LogP contribution in [0.25, 0.3) is 33.2 Å². The summed E-state index contributed by atoms with van der Waals surface area (Å²) in [6, 6.07) is 36.2. The Morgan fingerprint density at radius 2 is 1.56 bits per heavy atom. The summed E-state index contributed by atoms with van der Waals surface area (Å²) in [7, 11) is 0. The van der Waals surface area contributed by atoms with Crippen molar-refractivity contribution in [2.24, 2.45) is 0 Å². The van der Waals surface area contributed by atoms with Crippen LogP contribution in [0.4, 0.5) is 0 Å². The molecular formula is C38H37N5O2. The zero-order chi connectivity index (χ0) is 30.8. The maximum absolute atomic E-state index is 14.4. The lowest BCUT2D eigenvalue weighted by atomic mass is 9.94. The van der Waals surface area contributed by atoms with E-state index in [0.717, 1.165) is 76.7 Å². The molecule has 7 nitrogen and oxygen atoms in total. The van der Waals surface area contributed by atoms with Crippen LogP contribution in [0.15, 0.2) is 114 Å². The highest BCUT2D eigenvalue weighted by Crippen LogP contribution is 2.34. The molecule has 1 amide bonds. The van der Waals surface area contributed by atoms with Gasteiger partial charge in [0.25, 0.3) is 5.91 Å². The third-order valence-electron chi connectivity index (χ3n) is 9.11. The van der Waals surface area contributed by atoms with Gasteiger partial charge in [0, 0.05) is 42.2 Å². The molecule has 1 aliphatic heterocycles. The molecule has 0 radical (unpaired) electrons. The number of benzene rings is 4. The van der Waals surface area contributed by atoms with Gasteiger partial charge in [-0.15, -0.1) is 0 Å². The first-order valence-electron chi connectivity index (χ1n) is 15.8. The van der Waals surface area contributed by atoms with Crippen LogP contribution in [0.3, 0.4) is 0 Å². The van der Waals surface area contributed by atoms with Gasteiger partial charge in [-0.2, -0.15) is 0 Å². The fraction of sp³-hybridized carbons (Fsp3) is 0.237. The summed E-state index contributed by atoms with van der Waals surface area (Å²) in [4.78, 5) is 37.9. The fourth-order valence-corrected chi connectivity index (χ4v) is 6.83. The monoisotopic (exact) mass is 595 g/mol. The lowest BCUT2D eigenvalue weighted by Gasteiger charge is -2.33. The number of imidazole rings is 1. The van der Waals surface area contributed by atoms with Gasteiger partial charge in [-0.25, -0.2) is 9.78 Å². The van der Waals surface area contributed by atoms with Gasteiger partial charge >= 0.3 is 5.69 Å². The van der Waals surface area contributed by atoms with E-state index in [1.165, 1.54) is 0 Å². The van der Waals surface area contributed by atoms with Crippen LogP contribution < -0.4 is 11.0 Å². The van der Waals surface area contributed by atoms with Gasteiger partial charge in [-0.1, -0.05) is 97.9 Å². The number of amides is 1. The van der Waals surface area contributed by atoms with Crippen molar-refractivity contribution in [1.29, 1.82) is 0 Å². The standard InChI is InChI=1S/C38H37N5O2/c1-2-31(26-13-5-3-6-14-26)40-37(44)35-29-17-9-10-18-32(29)39-36(27-15-7-4-8-16-27)30(35)25-42-23-21-28(22-24-42)43-34-20-12-11-19-33(34)41-38(43)45/h3-20,28,31H,2,21-25H2,1H3,(H,40,44)(H,41,45)/t31-/m0/s1. The zero-order valence-corrected chi connectivity index (χ0v) is 25.4. The summed E-state index contributed by atoms with van der Waals surface area (Å²) in [6.45, 7) is 4.30. The Balaban J connectivity index is 1.25. The highest BCUT2D eigenvalue weighted by Gasteiger charge is 2.28. The van der Waals surface area contributed by atoms with Gasteiger partial charge in [0.15, 0.2) is 0 Å². The molecule has 1 atom stereocenters. The Bertz CT molecular complexity index is 2010. The van der Waals surface area contributed by atoms with Crippen molar-refractivity contribution < 1.29 is 4.79 Å². The number of fused-ring (bicyclic) bond motifs is 2. The summed E-state index contributed by atoms with van der Waals surface area (Å²) in [5.41, 5.74) is 7.10. The highest BCUT2D eigenvalue weighted by molar-refractivity contribution is 6.09. The topological polar surface area (TPSA) is 83.0 Å². The summed E-state index contributed by atoms with van der Waals surface area (Å²) in [6.07, 6.45) is 2.47. The third-order valence-corrected chi connectivity index (χ3v) is 9.11. The van der Waals surface area contributed by atoms with E-state index in [2.05, 4.69) is 46.4 Å². The second-order valence-electron chi connectivity index (χ2n) is 11.9. The maximum Gasteiger partial charge on any atom is 0.326 e. The Morgan fingerprint density at radius 3 is 2.31 bits per heavy atom. The minimum Gasteiger partial charge on any atom is -0.345 e. The average molecular weight is 596 g/mol. The minimum atomic E-state index is -0.108. The summed E-state index contributed by atoms with van der Waals surface area (Å²) < 4.78 is 1.92. The number of para-hydroxylation sites is 3. The minimum absolute atomic E-state index is 0.0532. The van der Waals surface area contributed by atoms with E-state index in [4.69, 9.17) is 4.98 Å². The molecular weight excluding hydrogens is 558 g/mol. The first-order chi connectivity index (χ1) is 22.1. The largest absolute Gasteiger partial charge is 0.345 e. The molecule has 45 heavy (non-hydrogen) atoms. The molecule has 2 aromatic heterocycles. The fourth-order valence-electron chi connectivity index (χ4n) is 6.83. The number of aromatic amines is 1. The predicted molar refractivity (Wildman–Crippen MR) is 180 cm³/mol. The number of piperidine rings is 1. The van der Waals surface area contributed by atoms with Gasteiger partial charge in [0.2, 0.25) is 0 Å². The molecule has 1 saturated heterocycles. The smallest absolute Gasteiger partial charge is 0.326 e. The number of H-pyrrole nitrogens is 1.